The van der Waals surface area contributed by atoms with Crippen molar-refractivity contribution in [1.82, 2.24) is 5.32 Å². The number of esters is 1. The lowest BCUT2D eigenvalue weighted by Gasteiger charge is -2.10. The van der Waals surface area contributed by atoms with Gasteiger partial charge in [-0.15, -0.1) is 0 Å². The van der Waals surface area contributed by atoms with Gasteiger partial charge in [0.1, 0.15) is 5.56 Å². The van der Waals surface area contributed by atoms with Gasteiger partial charge in [0.05, 0.1) is 19.4 Å². The molecule has 1 aromatic carbocycles. The van der Waals surface area contributed by atoms with Gasteiger partial charge in [-0.25, -0.2) is 4.79 Å². The van der Waals surface area contributed by atoms with E-state index < -0.39 is 11.9 Å². The SMILES string of the molecule is COCCNC(=O)COC(=O)c1cccc(N)c1OC. The lowest BCUT2D eigenvalue weighted by Crippen LogP contribution is -2.31. The van der Waals surface area contributed by atoms with Crippen LogP contribution in [0.4, 0.5) is 5.69 Å². The second-order valence-corrected chi connectivity index (χ2v) is 3.85. The number of nitrogen functional groups attached to an aromatic ring is 1. The number of rotatable bonds is 7. The molecule has 0 radical (unpaired) electrons. The zero-order valence-corrected chi connectivity index (χ0v) is 11.5. The predicted molar refractivity (Wildman–Crippen MR) is 72.6 cm³/mol. The molecule has 0 aliphatic rings. The number of carbonyl (C=O) groups is 2. The Morgan fingerprint density at radius 1 is 1.30 bits per heavy atom. The number of nitrogens with two attached hydrogens (primary N) is 1. The lowest BCUT2D eigenvalue weighted by molar-refractivity contribution is -0.124. The molecule has 0 fully saturated rings. The van der Waals surface area contributed by atoms with Crippen molar-refractivity contribution in [2.24, 2.45) is 0 Å². The molecule has 0 unspecified atom stereocenters. The van der Waals surface area contributed by atoms with Crippen molar-refractivity contribution >= 4 is 17.6 Å². The molecule has 0 bridgehead atoms. The van der Waals surface area contributed by atoms with Gasteiger partial charge in [-0.3, -0.25) is 4.79 Å². The van der Waals surface area contributed by atoms with Crippen molar-refractivity contribution in [1.29, 1.82) is 0 Å². The normalized spacial score (nSPS) is 9.90. The first kappa shape index (κ1) is 15.8. The average molecular weight is 282 g/mol. The minimum Gasteiger partial charge on any atom is -0.494 e. The molecule has 0 atom stereocenters. The van der Waals surface area contributed by atoms with Crippen LogP contribution < -0.4 is 15.8 Å². The summed E-state index contributed by atoms with van der Waals surface area (Å²) in [5.41, 5.74) is 6.18. The van der Waals surface area contributed by atoms with Gasteiger partial charge in [0.15, 0.2) is 12.4 Å². The molecular formula is C13H18N2O5. The maximum atomic E-state index is 11.8. The van der Waals surface area contributed by atoms with E-state index in [2.05, 4.69) is 5.32 Å². The molecule has 110 valence electrons. The van der Waals surface area contributed by atoms with Crippen LogP contribution in [0, 0.1) is 0 Å². The minimum atomic E-state index is -0.670. The number of benzene rings is 1. The van der Waals surface area contributed by atoms with Gasteiger partial charge in [-0.1, -0.05) is 6.07 Å². The molecule has 1 amide bonds. The average Bonchev–Trinajstić information content (AvgIpc) is 2.44. The number of ether oxygens (including phenoxy) is 3. The first-order valence-electron chi connectivity index (χ1n) is 5.95. The minimum absolute atomic E-state index is 0.178. The fraction of sp³-hybridized carbons (Fsp3) is 0.385. The van der Waals surface area contributed by atoms with Crippen LogP contribution in [0.1, 0.15) is 10.4 Å². The number of anilines is 1. The van der Waals surface area contributed by atoms with Gasteiger partial charge >= 0.3 is 5.97 Å². The highest BCUT2D eigenvalue weighted by molar-refractivity contribution is 5.95. The van der Waals surface area contributed by atoms with Crippen molar-refractivity contribution < 1.29 is 23.8 Å². The fourth-order valence-electron chi connectivity index (χ4n) is 1.50. The molecule has 7 heteroatoms. The van der Waals surface area contributed by atoms with Crippen molar-refractivity contribution in [3.63, 3.8) is 0 Å². The maximum absolute atomic E-state index is 11.8. The third-order valence-corrected chi connectivity index (χ3v) is 2.43. The molecule has 7 nitrogen and oxygen atoms in total. The van der Waals surface area contributed by atoms with E-state index >= 15 is 0 Å². The Morgan fingerprint density at radius 3 is 2.70 bits per heavy atom. The Bertz CT molecular complexity index is 476. The molecule has 0 aliphatic heterocycles. The van der Waals surface area contributed by atoms with E-state index in [4.69, 9.17) is 19.9 Å². The summed E-state index contributed by atoms with van der Waals surface area (Å²) in [6, 6.07) is 4.72. The van der Waals surface area contributed by atoms with Crippen molar-refractivity contribution in [3.05, 3.63) is 23.8 Å². The summed E-state index contributed by atoms with van der Waals surface area (Å²) >= 11 is 0. The van der Waals surface area contributed by atoms with Crippen LogP contribution in [0.3, 0.4) is 0 Å². The third kappa shape index (κ3) is 4.43. The summed E-state index contributed by atoms with van der Waals surface area (Å²) in [6.07, 6.45) is 0. The number of hydrogen-bond donors (Lipinski definition) is 2. The molecule has 0 saturated carbocycles. The van der Waals surface area contributed by atoms with E-state index in [1.807, 2.05) is 0 Å². The second kappa shape index (κ2) is 8.00. The number of amides is 1. The molecular weight excluding hydrogens is 264 g/mol. The van der Waals surface area contributed by atoms with E-state index in [1.54, 1.807) is 12.1 Å². The van der Waals surface area contributed by atoms with Crippen molar-refractivity contribution in [2.75, 3.05) is 39.7 Å². The molecule has 3 N–H and O–H groups in total. The van der Waals surface area contributed by atoms with Crippen LogP contribution in [0.2, 0.25) is 0 Å². The summed E-state index contributed by atoms with van der Waals surface area (Å²) < 4.78 is 14.7. The van der Waals surface area contributed by atoms with E-state index in [0.717, 1.165) is 0 Å². The molecule has 0 aliphatic carbocycles. The Balaban J connectivity index is 2.55. The van der Waals surface area contributed by atoms with Crippen molar-refractivity contribution in [2.45, 2.75) is 0 Å². The molecule has 1 aromatic rings. The van der Waals surface area contributed by atoms with E-state index in [1.165, 1.54) is 20.3 Å². The standard InChI is InChI=1S/C13H18N2O5/c1-18-7-6-15-11(16)8-20-13(17)9-4-3-5-10(14)12(9)19-2/h3-5H,6-8,14H2,1-2H3,(H,15,16). The van der Waals surface area contributed by atoms with Gasteiger partial charge in [0.25, 0.3) is 5.91 Å². The van der Waals surface area contributed by atoms with E-state index in [-0.39, 0.29) is 17.9 Å². The Kier molecular flexibility index (Phi) is 6.31. The third-order valence-electron chi connectivity index (χ3n) is 2.43. The van der Waals surface area contributed by atoms with Crippen LogP contribution in [-0.2, 0) is 14.3 Å². The molecule has 1 rings (SSSR count). The summed E-state index contributed by atoms with van der Waals surface area (Å²) in [5, 5.41) is 2.53. The largest absolute Gasteiger partial charge is 0.494 e. The summed E-state index contributed by atoms with van der Waals surface area (Å²) in [5.74, 6) is -0.841. The smallest absolute Gasteiger partial charge is 0.342 e. The highest BCUT2D eigenvalue weighted by Crippen LogP contribution is 2.26. The number of methoxy groups -OCH3 is 2. The first-order valence-corrected chi connectivity index (χ1v) is 5.95. The lowest BCUT2D eigenvalue weighted by atomic mass is 10.2. The molecule has 0 saturated heterocycles. The second-order valence-electron chi connectivity index (χ2n) is 3.85. The summed E-state index contributed by atoms with van der Waals surface area (Å²) in [6.45, 7) is 0.373. The van der Waals surface area contributed by atoms with Gasteiger partial charge in [-0.2, -0.15) is 0 Å². The van der Waals surface area contributed by atoms with Crippen molar-refractivity contribution in [3.8, 4) is 5.75 Å². The van der Waals surface area contributed by atoms with Gasteiger partial charge in [0, 0.05) is 13.7 Å². The molecule has 0 aromatic heterocycles. The number of nitrogens with one attached hydrogen (secondary N) is 1. The molecule has 20 heavy (non-hydrogen) atoms. The summed E-state index contributed by atoms with van der Waals surface area (Å²) in [7, 11) is 2.93. The zero-order chi connectivity index (χ0) is 15.0. The van der Waals surface area contributed by atoms with Crippen LogP contribution in [-0.4, -0.2) is 45.9 Å². The van der Waals surface area contributed by atoms with Crippen LogP contribution in [0.5, 0.6) is 5.75 Å². The Labute approximate surface area is 117 Å². The molecule has 0 spiro atoms. The quantitative estimate of drug-likeness (QED) is 0.421. The zero-order valence-electron chi connectivity index (χ0n) is 11.5. The monoisotopic (exact) mass is 282 g/mol. The number of hydrogen-bond acceptors (Lipinski definition) is 6. The topological polar surface area (TPSA) is 99.9 Å². The van der Waals surface area contributed by atoms with Crippen LogP contribution in [0.15, 0.2) is 18.2 Å². The Hall–Kier alpha value is -2.28. The van der Waals surface area contributed by atoms with E-state index in [0.29, 0.717) is 18.8 Å². The van der Waals surface area contributed by atoms with Gasteiger partial charge in [-0.05, 0) is 12.1 Å². The fourth-order valence-corrected chi connectivity index (χ4v) is 1.50. The van der Waals surface area contributed by atoms with E-state index in [9.17, 15) is 9.59 Å². The van der Waals surface area contributed by atoms with Gasteiger partial charge in [0.2, 0.25) is 0 Å². The van der Waals surface area contributed by atoms with Crippen LogP contribution in [0.25, 0.3) is 0 Å². The maximum Gasteiger partial charge on any atom is 0.342 e. The Morgan fingerprint density at radius 2 is 2.05 bits per heavy atom. The first-order chi connectivity index (χ1) is 9.60. The highest BCUT2D eigenvalue weighted by atomic mass is 16.5. The number of carbonyl (C=O) groups excluding carboxylic acids is 2. The summed E-state index contributed by atoms with van der Waals surface area (Å²) in [4.78, 5) is 23.2. The van der Waals surface area contributed by atoms with Gasteiger partial charge < -0.3 is 25.3 Å². The highest BCUT2D eigenvalue weighted by Gasteiger charge is 2.16. The predicted octanol–water partition coefficient (Wildman–Crippen LogP) is 0.197. The van der Waals surface area contributed by atoms with Crippen LogP contribution >= 0.6 is 0 Å². The number of para-hydroxylation sites is 1. The molecule has 0 heterocycles.